The Balaban J connectivity index is 1.60. The summed E-state index contributed by atoms with van der Waals surface area (Å²) >= 11 is 0. The third-order valence-electron chi connectivity index (χ3n) is 3.63. The van der Waals surface area contributed by atoms with Crippen LogP contribution in [0, 0.1) is 0 Å². The van der Waals surface area contributed by atoms with Crippen LogP contribution in [0.2, 0.25) is 0 Å². The van der Waals surface area contributed by atoms with Crippen LogP contribution in [0.25, 0.3) is 10.9 Å². The second-order valence-electron chi connectivity index (χ2n) is 5.35. The molecule has 3 amide bonds. The highest BCUT2D eigenvalue weighted by atomic mass is 16.2. The molecule has 0 fully saturated rings. The number of nitrogens with one attached hydrogen (secondary N) is 4. The molecule has 3 aromatic rings. The molecule has 6 nitrogen and oxygen atoms in total. The molecule has 6 heteroatoms. The van der Waals surface area contributed by atoms with Crippen molar-refractivity contribution in [2.24, 2.45) is 0 Å². The van der Waals surface area contributed by atoms with E-state index in [1.54, 1.807) is 31.3 Å². The fraction of sp³-hybridized carbons (Fsp3) is 0.111. The van der Waals surface area contributed by atoms with Gasteiger partial charge in [0, 0.05) is 29.5 Å². The third kappa shape index (κ3) is 3.55. The number of carbonyl (C=O) groups is 2. The van der Waals surface area contributed by atoms with Gasteiger partial charge in [-0.3, -0.25) is 4.79 Å². The fourth-order valence-electron chi connectivity index (χ4n) is 2.46. The van der Waals surface area contributed by atoms with E-state index in [-0.39, 0.29) is 11.9 Å². The summed E-state index contributed by atoms with van der Waals surface area (Å²) in [7, 11) is 1.56. The quantitative estimate of drug-likeness (QED) is 0.595. The zero-order valence-electron chi connectivity index (χ0n) is 13.2. The zero-order chi connectivity index (χ0) is 16.9. The van der Waals surface area contributed by atoms with Gasteiger partial charge in [0.2, 0.25) is 0 Å². The normalized spacial score (nSPS) is 10.4. The van der Waals surface area contributed by atoms with Gasteiger partial charge in [0.1, 0.15) is 0 Å². The molecule has 0 saturated heterocycles. The van der Waals surface area contributed by atoms with Gasteiger partial charge in [-0.1, -0.05) is 24.3 Å². The van der Waals surface area contributed by atoms with E-state index < -0.39 is 0 Å². The second kappa shape index (κ2) is 6.87. The van der Waals surface area contributed by atoms with E-state index in [9.17, 15) is 9.59 Å². The maximum atomic E-state index is 12.0. The van der Waals surface area contributed by atoms with Crippen molar-refractivity contribution >= 4 is 28.5 Å². The molecule has 0 spiro atoms. The van der Waals surface area contributed by atoms with Gasteiger partial charge in [-0.2, -0.15) is 0 Å². The molecule has 2 aromatic carbocycles. The first-order valence-corrected chi connectivity index (χ1v) is 7.59. The van der Waals surface area contributed by atoms with E-state index >= 15 is 0 Å². The summed E-state index contributed by atoms with van der Waals surface area (Å²) in [6, 6.07) is 16.4. The van der Waals surface area contributed by atoms with Crippen molar-refractivity contribution in [2.75, 3.05) is 12.4 Å². The van der Waals surface area contributed by atoms with E-state index in [1.165, 1.54) is 0 Å². The van der Waals surface area contributed by atoms with Crippen LogP contribution < -0.4 is 16.0 Å². The lowest BCUT2D eigenvalue weighted by Crippen LogP contribution is -2.28. The van der Waals surface area contributed by atoms with Crippen molar-refractivity contribution in [2.45, 2.75) is 6.54 Å². The van der Waals surface area contributed by atoms with E-state index in [2.05, 4.69) is 20.9 Å². The molecule has 1 heterocycles. The molecule has 4 N–H and O–H groups in total. The number of fused-ring (bicyclic) bond motifs is 1. The minimum atomic E-state index is -0.331. The van der Waals surface area contributed by atoms with Gasteiger partial charge in [0.25, 0.3) is 5.91 Å². The lowest BCUT2D eigenvalue weighted by Gasteiger charge is -2.08. The van der Waals surface area contributed by atoms with Crippen LogP contribution in [0.4, 0.5) is 10.5 Å². The molecule has 0 aliphatic carbocycles. The number of hydrogen-bond acceptors (Lipinski definition) is 2. The van der Waals surface area contributed by atoms with Crippen molar-refractivity contribution in [3.05, 3.63) is 65.9 Å². The fourth-order valence-corrected chi connectivity index (χ4v) is 2.46. The number of carbonyl (C=O) groups excluding carboxylic acids is 2. The Morgan fingerprint density at radius 2 is 1.88 bits per heavy atom. The summed E-state index contributed by atoms with van der Waals surface area (Å²) in [6.07, 6.45) is 0. The summed E-state index contributed by atoms with van der Waals surface area (Å²) in [5.74, 6) is -0.197. The highest BCUT2D eigenvalue weighted by molar-refractivity contribution is 5.96. The van der Waals surface area contributed by atoms with Crippen molar-refractivity contribution in [1.29, 1.82) is 0 Å². The summed E-state index contributed by atoms with van der Waals surface area (Å²) in [5.41, 5.74) is 3.01. The number of anilines is 1. The molecule has 0 saturated carbocycles. The largest absolute Gasteiger partial charge is 0.357 e. The van der Waals surface area contributed by atoms with Crippen LogP contribution in [0.1, 0.15) is 16.1 Å². The SMILES string of the molecule is CNC(=O)c1cccc(NC(=O)NCc2cc3ccccc3[nH]2)c1. The number of urea groups is 1. The molecule has 0 radical (unpaired) electrons. The number of para-hydroxylation sites is 1. The third-order valence-corrected chi connectivity index (χ3v) is 3.63. The molecule has 0 unspecified atom stereocenters. The number of benzene rings is 2. The zero-order valence-corrected chi connectivity index (χ0v) is 13.2. The predicted molar refractivity (Wildman–Crippen MR) is 94.0 cm³/mol. The first-order chi connectivity index (χ1) is 11.7. The molecule has 0 bridgehead atoms. The lowest BCUT2D eigenvalue weighted by molar-refractivity contribution is 0.0963. The second-order valence-corrected chi connectivity index (χ2v) is 5.35. The Labute approximate surface area is 139 Å². The van der Waals surface area contributed by atoms with Crippen molar-refractivity contribution < 1.29 is 9.59 Å². The minimum absolute atomic E-state index is 0.197. The highest BCUT2D eigenvalue weighted by Gasteiger charge is 2.07. The monoisotopic (exact) mass is 322 g/mol. The highest BCUT2D eigenvalue weighted by Crippen LogP contribution is 2.14. The van der Waals surface area contributed by atoms with Crippen LogP contribution in [0.5, 0.6) is 0 Å². The number of aromatic nitrogens is 1. The maximum absolute atomic E-state index is 12.0. The maximum Gasteiger partial charge on any atom is 0.319 e. The van der Waals surface area contributed by atoms with Crippen molar-refractivity contribution in [3.63, 3.8) is 0 Å². The smallest absolute Gasteiger partial charge is 0.319 e. The molecule has 0 atom stereocenters. The number of hydrogen-bond donors (Lipinski definition) is 4. The Hall–Kier alpha value is -3.28. The first-order valence-electron chi connectivity index (χ1n) is 7.59. The summed E-state index contributed by atoms with van der Waals surface area (Å²) in [5, 5.41) is 9.16. The summed E-state index contributed by atoms with van der Waals surface area (Å²) < 4.78 is 0. The molecule has 0 aliphatic heterocycles. The van der Waals surface area contributed by atoms with Gasteiger partial charge < -0.3 is 20.9 Å². The molecule has 1 aromatic heterocycles. The molecule has 122 valence electrons. The number of rotatable bonds is 4. The molecule has 0 aliphatic rings. The summed E-state index contributed by atoms with van der Waals surface area (Å²) in [6.45, 7) is 0.385. The van der Waals surface area contributed by atoms with Crippen molar-refractivity contribution in [3.8, 4) is 0 Å². The van der Waals surface area contributed by atoms with Crippen LogP contribution in [0.3, 0.4) is 0 Å². The molecule has 24 heavy (non-hydrogen) atoms. The Morgan fingerprint density at radius 3 is 2.67 bits per heavy atom. The molecule has 3 rings (SSSR count). The average Bonchev–Trinajstić information content (AvgIpc) is 3.02. The van der Waals surface area contributed by atoms with Gasteiger partial charge >= 0.3 is 6.03 Å². The van der Waals surface area contributed by atoms with E-state index in [4.69, 9.17) is 0 Å². The predicted octanol–water partition coefficient (Wildman–Crippen LogP) is 2.85. The average molecular weight is 322 g/mol. The minimum Gasteiger partial charge on any atom is -0.357 e. The summed E-state index contributed by atoms with van der Waals surface area (Å²) in [4.78, 5) is 26.9. The number of aromatic amines is 1. The lowest BCUT2D eigenvalue weighted by atomic mass is 10.2. The van der Waals surface area contributed by atoms with Gasteiger partial charge in [-0.15, -0.1) is 0 Å². The Bertz CT molecular complexity index is 852. The van der Waals surface area contributed by atoms with Crippen LogP contribution in [-0.2, 0) is 6.54 Å². The number of H-pyrrole nitrogens is 1. The van der Waals surface area contributed by atoms with E-state index in [1.807, 2.05) is 30.3 Å². The standard InChI is InChI=1S/C18H18N4O2/c1-19-17(23)13-6-4-7-14(10-13)22-18(24)20-11-15-9-12-5-2-3-8-16(12)21-15/h2-10,21H,11H2,1H3,(H,19,23)(H2,20,22,24). The van der Waals surface area contributed by atoms with Crippen LogP contribution in [-0.4, -0.2) is 24.0 Å². The van der Waals surface area contributed by atoms with Crippen molar-refractivity contribution in [1.82, 2.24) is 15.6 Å². The van der Waals surface area contributed by atoms with Gasteiger partial charge in [-0.25, -0.2) is 4.79 Å². The Kier molecular flexibility index (Phi) is 4.47. The van der Waals surface area contributed by atoms with Gasteiger partial charge in [-0.05, 0) is 35.7 Å². The van der Waals surface area contributed by atoms with Crippen LogP contribution in [0.15, 0.2) is 54.6 Å². The topological polar surface area (TPSA) is 86.0 Å². The van der Waals surface area contributed by atoms with Crippen LogP contribution >= 0.6 is 0 Å². The molecular formula is C18H18N4O2. The first kappa shape index (κ1) is 15.6. The van der Waals surface area contributed by atoms with Gasteiger partial charge in [0.15, 0.2) is 0 Å². The molecular weight excluding hydrogens is 304 g/mol. The van der Waals surface area contributed by atoms with Gasteiger partial charge in [0.05, 0.1) is 6.54 Å². The van der Waals surface area contributed by atoms with E-state index in [0.29, 0.717) is 17.8 Å². The Morgan fingerprint density at radius 1 is 1.04 bits per heavy atom. The number of amides is 3. The van der Waals surface area contributed by atoms with E-state index in [0.717, 1.165) is 16.6 Å².